The van der Waals surface area contributed by atoms with Gasteiger partial charge in [-0.3, -0.25) is 0 Å². The molecule has 0 atom stereocenters. The Labute approximate surface area is 53.1 Å². The van der Waals surface area contributed by atoms with Crippen molar-refractivity contribution >= 4 is 0 Å². The highest BCUT2D eigenvalue weighted by Crippen LogP contribution is 2.37. The molecule has 1 aromatic rings. The van der Waals surface area contributed by atoms with E-state index in [1.165, 1.54) is 12.8 Å². The third-order valence-corrected chi connectivity index (χ3v) is 1.44. The van der Waals surface area contributed by atoms with E-state index in [1.807, 2.05) is 0 Å². The average Bonchev–Trinajstić information content (AvgIpc) is 2.71. The van der Waals surface area contributed by atoms with Gasteiger partial charge in [0.25, 0.3) is 0 Å². The van der Waals surface area contributed by atoms with Gasteiger partial charge in [0.2, 0.25) is 0 Å². The normalized spacial score (nSPS) is 17.8. The molecule has 0 saturated heterocycles. The molecule has 2 rings (SSSR count). The smallest absolute Gasteiger partial charge is 0.153 e. The second-order valence-electron chi connectivity index (χ2n) is 2.28. The molecule has 1 saturated carbocycles. The van der Waals surface area contributed by atoms with Gasteiger partial charge in [0.05, 0.1) is 6.20 Å². The van der Waals surface area contributed by atoms with Crippen molar-refractivity contribution in [3.05, 3.63) is 18.2 Å². The van der Waals surface area contributed by atoms with Crippen LogP contribution in [-0.2, 0) is 0 Å². The maximum atomic E-state index is 4.07. The predicted octanol–water partition coefficient (Wildman–Crippen LogP) is 0.749. The fourth-order valence-electron chi connectivity index (χ4n) is 0.786. The zero-order valence-corrected chi connectivity index (χ0v) is 4.99. The van der Waals surface area contributed by atoms with Gasteiger partial charge < -0.3 is 0 Å². The summed E-state index contributed by atoms with van der Waals surface area (Å²) in [4.78, 5) is 4.07. The van der Waals surface area contributed by atoms with Crippen molar-refractivity contribution in [2.75, 3.05) is 0 Å². The van der Waals surface area contributed by atoms with Crippen LogP contribution in [0.1, 0.15) is 24.6 Å². The number of aromatic nitrogens is 3. The lowest BCUT2D eigenvalue weighted by atomic mass is 10.4. The summed E-state index contributed by atoms with van der Waals surface area (Å²) < 4.78 is 0. The van der Waals surface area contributed by atoms with Gasteiger partial charge in [0.15, 0.2) is 5.82 Å². The first-order chi connectivity index (χ1) is 4.47. The number of hydrogen-bond acceptors (Lipinski definition) is 3. The highest BCUT2D eigenvalue weighted by molar-refractivity contribution is 5.01. The molecule has 1 aliphatic carbocycles. The molecule has 0 radical (unpaired) electrons. The second kappa shape index (κ2) is 1.76. The molecule has 0 aliphatic heterocycles. The van der Waals surface area contributed by atoms with Crippen LogP contribution in [0.25, 0.3) is 0 Å². The fourth-order valence-corrected chi connectivity index (χ4v) is 0.786. The Morgan fingerprint density at radius 1 is 1.33 bits per heavy atom. The van der Waals surface area contributed by atoms with Gasteiger partial charge in [-0.25, -0.2) is 4.98 Å². The van der Waals surface area contributed by atoms with Gasteiger partial charge >= 0.3 is 0 Å². The van der Waals surface area contributed by atoms with Crippen LogP contribution in [0.5, 0.6) is 0 Å². The van der Waals surface area contributed by atoms with E-state index < -0.39 is 0 Å². The summed E-state index contributed by atoms with van der Waals surface area (Å²) in [6.45, 7) is 0. The molecule has 1 aliphatic rings. The average molecular weight is 121 g/mol. The number of nitrogens with zero attached hydrogens (tertiary/aromatic N) is 3. The summed E-state index contributed by atoms with van der Waals surface area (Å²) in [5.41, 5.74) is 0. The molecule has 1 aromatic heterocycles. The minimum absolute atomic E-state index is 0.624. The number of hydrogen-bond donors (Lipinski definition) is 0. The van der Waals surface area contributed by atoms with E-state index in [9.17, 15) is 0 Å². The Hall–Kier alpha value is -0.990. The summed E-state index contributed by atoms with van der Waals surface area (Å²) in [6, 6.07) is 0. The van der Waals surface area contributed by atoms with E-state index in [1.54, 1.807) is 12.4 Å². The van der Waals surface area contributed by atoms with Crippen LogP contribution >= 0.6 is 0 Å². The first-order valence-corrected chi connectivity index (χ1v) is 3.10. The van der Waals surface area contributed by atoms with Crippen molar-refractivity contribution < 1.29 is 0 Å². The molecule has 1 fully saturated rings. The lowest BCUT2D eigenvalue weighted by Gasteiger charge is -1.88. The molecular weight excluding hydrogens is 114 g/mol. The monoisotopic (exact) mass is 121 g/mol. The Bertz CT molecular complexity index is 193. The van der Waals surface area contributed by atoms with Gasteiger partial charge in [-0.15, -0.1) is 5.10 Å². The van der Waals surface area contributed by atoms with E-state index in [0.717, 1.165) is 5.82 Å². The van der Waals surface area contributed by atoms with Crippen molar-refractivity contribution in [1.82, 2.24) is 15.2 Å². The van der Waals surface area contributed by atoms with Crippen molar-refractivity contribution in [3.63, 3.8) is 0 Å². The first-order valence-electron chi connectivity index (χ1n) is 3.10. The topological polar surface area (TPSA) is 38.7 Å². The summed E-state index contributed by atoms with van der Waals surface area (Å²) in [5, 5.41) is 7.61. The van der Waals surface area contributed by atoms with Crippen molar-refractivity contribution in [2.24, 2.45) is 0 Å². The maximum Gasteiger partial charge on any atom is 0.153 e. The van der Waals surface area contributed by atoms with Gasteiger partial charge in [0.1, 0.15) is 0 Å². The van der Waals surface area contributed by atoms with Crippen molar-refractivity contribution in [3.8, 4) is 0 Å². The van der Waals surface area contributed by atoms with Crippen LogP contribution in [-0.4, -0.2) is 15.2 Å². The van der Waals surface area contributed by atoms with E-state index in [4.69, 9.17) is 0 Å². The third kappa shape index (κ3) is 0.896. The Morgan fingerprint density at radius 2 is 2.22 bits per heavy atom. The van der Waals surface area contributed by atoms with Crippen LogP contribution in [0.2, 0.25) is 0 Å². The summed E-state index contributed by atoms with van der Waals surface area (Å²) in [7, 11) is 0. The molecular formula is C6H7N3. The van der Waals surface area contributed by atoms with Crippen LogP contribution in [0, 0.1) is 0 Å². The van der Waals surface area contributed by atoms with Gasteiger partial charge in [-0.2, -0.15) is 5.10 Å². The van der Waals surface area contributed by atoms with E-state index in [0.29, 0.717) is 5.92 Å². The second-order valence-corrected chi connectivity index (χ2v) is 2.28. The van der Waals surface area contributed by atoms with Gasteiger partial charge in [0, 0.05) is 12.1 Å². The molecule has 9 heavy (non-hydrogen) atoms. The van der Waals surface area contributed by atoms with Crippen LogP contribution in [0.15, 0.2) is 12.4 Å². The lowest BCUT2D eigenvalue weighted by molar-refractivity contribution is 0.838. The van der Waals surface area contributed by atoms with Crippen molar-refractivity contribution in [2.45, 2.75) is 18.8 Å². The van der Waals surface area contributed by atoms with E-state index >= 15 is 0 Å². The van der Waals surface area contributed by atoms with Crippen LogP contribution in [0.4, 0.5) is 0 Å². The summed E-state index contributed by atoms with van der Waals surface area (Å²) in [6.07, 6.45) is 5.78. The highest BCUT2D eigenvalue weighted by Gasteiger charge is 2.26. The highest BCUT2D eigenvalue weighted by atomic mass is 15.1. The molecule has 0 aromatic carbocycles. The lowest BCUT2D eigenvalue weighted by Crippen LogP contribution is -1.91. The molecule has 0 amide bonds. The Morgan fingerprint density at radius 3 is 2.78 bits per heavy atom. The third-order valence-electron chi connectivity index (χ3n) is 1.44. The molecule has 0 spiro atoms. The molecule has 0 N–H and O–H groups in total. The quantitative estimate of drug-likeness (QED) is 0.550. The van der Waals surface area contributed by atoms with Crippen LogP contribution < -0.4 is 0 Å². The summed E-state index contributed by atoms with van der Waals surface area (Å²) >= 11 is 0. The minimum Gasteiger partial charge on any atom is -0.237 e. The molecule has 0 bridgehead atoms. The maximum absolute atomic E-state index is 4.07. The molecule has 0 unspecified atom stereocenters. The Balaban J connectivity index is 2.29. The molecule has 46 valence electrons. The Kier molecular flexibility index (Phi) is 0.946. The molecule has 3 heteroatoms. The van der Waals surface area contributed by atoms with Crippen molar-refractivity contribution in [1.29, 1.82) is 0 Å². The predicted molar refractivity (Wildman–Crippen MR) is 31.8 cm³/mol. The van der Waals surface area contributed by atoms with E-state index in [-0.39, 0.29) is 0 Å². The standard InChI is InChI=1S/C6H7N3/c1-2-5(1)6-7-3-4-8-9-6/h3-5H,1-2H2. The molecule has 1 heterocycles. The molecule has 3 nitrogen and oxygen atoms in total. The SMILES string of the molecule is c1cnc(C2CC2)nn1. The first kappa shape index (κ1) is 4.85. The van der Waals surface area contributed by atoms with Gasteiger partial charge in [-0.1, -0.05) is 0 Å². The summed E-state index contributed by atoms with van der Waals surface area (Å²) in [5.74, 6) is 1.54. The van der Waals surface area contributed by atoms with Crippen LogP contribution in [0.3, 0.4) is 0 Å². The van der Waals surface area contributed by atoms with Gasteiger partial charge in [-0.05, 0) is 12.8 Å². The zero-order valence-electron chi connectivity index (χ0n) is 4.99. The number of rotatable bonds is 1. The fraction of sp³-hybridized carbons (Fsp3) is 0.500. The minimum atomic E-state index is 0.624. The van der Waals surface area contributed by atoms with E-state index in [2.05, 4.69) is 15.2 Å². The zero-order chi connectivity index (χ0) is 6.10. The largest absolute Gasteiger partial charge is 0.237 e.